The zero-order valence-corrected chi connectivity index (χ0v) is 9.62. The summed E-state index contributed by atoms with van der Waals surface area (Å²) in [5.41, 5.74) is 0. The Morgan fingerprint density at radius 1 is 1.17 bits per heavy atom. The first kappa shape index (κ1) is 14.4. The number of unbranched alkanes of at least 4 members (excludes halogenated alkanes) is 2. The summed E-state index contributed by atoms with van der Waals surface area (Å²) in [5.74, 6) is 0. The van der Waals surface area contributed by atoms with Crippen LogP contribution in [0.2, 0.25) is 0 Å². The van der Waals surface area contributed by atoms with Crippen molar-refractivity contribution in [1.29, 1.82) is 5.26 Å². The third kappa shape index (κ3) is 93.9. The van der Waals surface area contributed by atoms with E-state index in [1.54, 1.807) is 0 Å². The number of rotatable bonds is 2. The second kappa shape index (κ2) is 5.51. The predicted molar refractivity (Wildman–Crippen MR) is 30.7 cm³/mol. The van der Waals surface area contributed by atoms with E-state index in [0.717, 1.165) is 19.3 Å². The maximum absolute atomic E-state index is 9.92. The number of nitriles is 1. The molecule has 0 unspecified atom stereocenters. The van der Waals surface area contributed by atoms with Crippen LogP contribution in [0.15, 0.2) is 0 Å². The Bertz CT molecular complexity index is 138. The summed E-state index contributed by atoms with van der Waals surface area (Å²) in [4.78, 5) is 0. The Morgan fingerprint density at radius 3 is 1.58 bits per heavy atom. The van der Waals surface area contributed by atoms with Gasteiger partial charge >= 0.3 is 33.7 Å². The van der Waals surface area contributed by atoms with E-state index in [9.17, 15) is 15.1 Å². The van der Waals surface area contributed by atoms with Gasteiger partial charge < -0.3 is 0 Å². The van der Waals surface area contributed by atoms with Crippen LogP contribution in [0.3, 0.4) is 0 Å². The Balaban J connectivity index is 0. The second-order valence-electron chi connectivity index (χ2n) is 1.90. The summed E-state index contributed by atoms with van der Waals surface area (Å²) in [5, 5.41) is 7.95. The van der Waals surface area contributed by atoms with Gasteiger partial charge in [0.1, 0.15) is 0 Å². The zero-order valence-electron chi connectivity index (χ0n) is 6.41. The van der Waals surface area contributed by atoms with Gasteiger partial charge in [-0.1, -0.05) is 13.3 Å². The van der Waals surface area contributed by atoms with Gasteiger partial charge in [-0.05, 0) is 6.42 Å². The third-order valence-electron chi connectivity index (χ3n) is 0.642. The van der Waals surface area contributed by atoms with Gasteiger partial charge in [0.25, 0.3) is 0 Å². The average molecular weight is 359 g/mol. The van der Waals surface area contributed by atoms with E-state index in [-0.39, 0.29) is 0 Å². The molecule has 0 spiro atoms. The van der Waals surface area contributed by atoms with Crippen molar-refractivity contribution < 1.29 is 33.7 Å². The predicted octanol–water partition coefficient (Wildman–Crippen LogP) is 3.80. The van der Waals surface area contributed by atoms with Gasteiger partial charge in [0.15, 0.2) is 0 Å². The molecule has 0 bridgehead atoms. The van der Waals surface area contributed by atoms with Crippen molar-refractivity contribution in [2.24, 2.45) is 0 Å². The van der Waals surface area contributed by atoms with Crippen LogP contribution in [0, 0.1) is 11.3 Å². The summed E-state index contributed by atoms with van der Waals surface area (Å²) < 4.78 is 49.6. The van der Waals surface area contributed by atoms with Crippen LogP contribution in [0.5, 0.6) is 0 Å². The third-order valence-corrected chi connectivity index (χ3v) is 0.642. The normalized spacial score (nSPS) is 13.2. The van der Waals surface area contributed by atoms with E-state index < -0.39 is 18.5 Å². The summed E-state index contributed by atoms with van der Waals surface area (Å²) in [6, 6.07) is 2.07. The van der Waals surface area contributed by atoms with Crippen LogP contribution in [0.1, 0.15) is 26.2 Å². The van der Waals surface area contributed by atoms with Crippen LogP contribution in [-0.2, 0) is 18.5 Å². The fourth-order valence-electron chi connectivity index (χ4n) is 0.256. The van der Waals surface area contributed by atoms with Crippen molar-refractivity contribution >= 4 is 0 Å². The standard InChI is InChI=1S/C5H9N.5FH.Ta/c1-2-3-4-5-6;;;;;;/h2-4H2,1H3;5*1H;/q;;;;;;+5/p-5. The maximum atomic E-state index is 9.92. The molecule has 0 aliphatic rings. The molecule has 0 saturated heterocycles. The first-order chi connectivity index (χ1) is 5.15. The van der Waals surface area contributed by atoms with Gasteiger partial charge in [-0.25, -0.2) is 0 Å². The summed E-state index contributed by atoms with van der Waals surface area (Å²) >= 11 is -9.30. The molecule has 0 saturated carbocycles. The molecule has 12 heavy (non-hydrogen) atoms. The monoisotopic (exact) mass is 359 g/mol. The molecule has 0 aromatic rings. The number of hydrogen-bond donors (Lipinski definition) is 0. The van der Waals surface area contributed by atoms with Gasteiger partial charge in [-0.3, -0.25) is 0 Å². The average Bonchev–Trinajstić information content (AvgIpc) is 1.77. The molecule has 0 aliphatic heterocycles. The molecule has 0 atom stereocenters. The first-order valence-electron chi connectivity index (χ1n) is 3.13. The minimum atomic E-state index is -9.30. The van der Waals surface area contributed by atoms with E-state index >= 15 is 0 Å². The van der Waals surface area contributed by atoms with Gasteiger partial charge in [0.05, 0.1) is 6.07 Å². The van der Waals surface area contributed by atoms with Crippen molar-refractivity contribution in [3.05, 3.63) is 0 Å². The van der Waals surface area contributed by atoms with Crippen LogP contribution in [-0.4, -0.2) is 0 Å². The molecule has 0 aromatic carbocycles. The molecule has 0 N–H and O–H groups in total. The van der Waals surface area contributed by atoms with Gasteiger partial charge in [-0.15, -0.1) is 0 Å². The van der Waals surface area contributed by atoms with Gasteiger partial charge in [0.2, 0.25) is 0 Å². The molecular weight excluding hydrogens is 350 g/mol. The van der Waals surface area contributed by atoms with E-state index in [1.807, 2.05) is 0 Å². The first-order valence-corrected chi connectivity index (χ1v) is 9.20. The SMILES string of the molecule is CCCCC#N.[F][Ta]([F])([F])([F])[F]. The van der Waals surface area contributed by atoms with Crippen molar-refractivity contribution in [1.82, 2.24) is 0 Å². The Hall–Kier alpha value is -0.120. The molecule has 0 rings (SSSR count). The molecule has 0 radical (unpaired) electrons. The molecule has 7 heteroatoms. The molecule has 0 fully saturated rings. The van der Waals surface area contributed by atoms with Gasteiger partial charge in [0, 0.05) is 6.42 Å². The van der Waals surface area contributed by atoms with Crippen LogP contribution < -0.4 is 0 Å². The molecule has 74 valence electrons. The van der Waals surface area contributed by atoms with Crippen molar-refractivity contribution in [2.45, 2.75) is 26.2 Å². The minimum absolute atomic E-state index is 0.719. The van der Waals surface area contributed by atoms with E-state index in [1.165, 1.54) is 0 Å². The van der Waals surface area contributed by atoms with Crippen molar-refractivity contribution in [3.8, 4) is 6.07 Å². The van der Waals surface area contributed by atoms with E-state index in [2.05, 4.69) is 13.0 Å². The Morgan fingerprint density at radius 2 is 1.50 bits per heavy atom. The zero-order chi connectivity index (χ0) is 10.3. The van der Waals surface area contributed by atoms with E-state index in [4.69, 9.17) is 5.26 Å². The topological polar surface area (TPSA) is 23.8 Å². The molecule has 1 nitrogen and oxygen atoms in total. The molecule has 0 heterocycles. The second-order valence-corrected chi connectivity index (χ2v) is 6.49. The summed E-state index contributed by atoms with van der Waals surface area (Å²) in [6.07, 6.45) is 2.90. The molecule has 0 aliphatic carbocycles. The van der Waals surface area contributed by atoms with Gasteiger partial charge in [-0.2, -0.15) is 5.26 Å². The Labute approximate surface area is 71.6 Å². The fourth-order valence-corrected chi connectivity index (χ4v) is 0.256. The van der Waals surface area contributed by atoms with Crippen LogP contribution in [0.25, 0.3) is 0 Å². The Kier molecular flexibility index (Phi) is 6.62. The van der Waals surface area contributed by atoms with Crippen LogP contribution >= 0.6 is 0 Å². The van der Waals surface area contributed by atoms with Crippen molar-refractivity contribution in [2.75, 3.05) is 0 Å². The molecule has 0 aromatic heterocycles. The summed E-state index contributed by atoms with van der Waals surface area (Å²) in [7, 11) is 0. The van der Waals surface area contributed by atoms with Crippen LogP contribution in [0.4, 0.5) is 15.1 Å². The summed E-state index contributed by atoms with van der Waals surface area (Å²) in [6.45, 7) is 2.08. The quantitative estimate of drug-likeness (QED) is 0.544. The number of nitrogens with zero attached hydrogens (tertiary/aromatic N) is 1. The number of hydrogen-bond acceptors (Lipinski definition) is 1. The molecule has 0 amide bonds. The molecular formula is C5H9F5NTa. The number of halogens is 5. The fraction of sp³-hybridized carbons (Fsp3) is 0.800. The van der Waals surface area contributed by atoms with E-state index in [0.29, 0.717) is 0 Å². The van der Waals surface area contributed by atoms with Crippen molar-refractivity contribution in [3.63, 3.8) is 0 Å².